The number of carbonyl (C=O) groups is 2. The third-order valence-corrected chi connectivity index (χ3v) is 9.72. The molecule has 0 unspecified atom stereocenters. The van der Waals surface area contributed by atoms with Crippen molar-refractivity contribution in [2.24, 2.45) is 0 Å². The molecule has 0 bridgehead atoms. The van der Waals surface area contributed by atoms with Gasteiger partial charge in [-0.25, -0.2) is 12.8 Å². The molecular weight excluding hydrogens is 625 g/mol. The Balaban J connectivity index is 1.82. The number of nitrogens with zero attached hydrogens (tertiary/aromatic N) is 2. The minimum Gasteiger partial charge on any atom is -0.354 e. The summed E-state index contributed by atoms with van der Waals surface area (Å²) in [5.41, 5.74) is 2.66. The fourth-order valence-electron chi connectivity index (χ4n) is 5.12. The second-order valence-electron chi connectivity index (χ2n) is 11.2. The quantitative estimate of drug-likeness (QED) is 0.150. The Bertz CT molecular complexity index is 1750. The van der Waals surface area contributed by atoms with Gasteiger partial charge in [0, 0.05) is 30.1 Å². The van der Waals surface area contributed by atoms with Gasteiger partial charge >= 0.3 is 0 Å². The SMILES string of the molecule is CCCCNC(=O)[C@H](Cc1ccccc1)N(Cc1ccccc1F)C(=O)CN(c1ccc(Cl)cc1C)S(=O)(=O)c1ccc(C)cc1. The molecule has 0 saturated heterocycles. The molecule has 1 N–H and O–H groups in total. The molecule has 0 aromatic heterocycles. The zero-order chi connectivity index (χ0) is 33.3. The van der Waals surface area contributed by atoms with Crippen LogP contribution in [0, 0.1) is 19.7 Å². The molecule has 0 saturated carbocycles. The maximum absolute atomic E-state index is 15.1. The highest BCUT2D eigenvalue weighted by Crippen LogP contribution is 2.30. The van der Waals surface area contributed by atoms with Crippen LogP contribution in [0.4, 0.5) is 10.1 Å². The zero-order valence-corrected chi connectivity index (χ0v) is 27.8. The largest absolute Gasteiger partial charge is 0.354 e. The maximum Gasteiger partial charge on any atom is 0.264 e. The molecule has 0 aliphatic heterocycles. The molecule has 0 heterocycles. The van der Waals surface area contributed by atoms with E-state index < -0.39 is 40.2 Å². The van der Waals surface area contributed by atoms with Crippen molar-refractivity contribution in [3.8, 4) is 0 Å². The van der Waals surface area contributed by atoms with Crippen molar-refractivity contribution in [3.63, 3.8) is 0 Å². The van der Waals surface area contributed by atoms with Crippen LogP contribution < -0.4 is 9.62 Å². The molecule has 46 heavy (non-hydrogen) atoms. The van der Waals surface area contributed by atoms with E-state index in [9.17, 15) is 18.0 Å². The van der Waals surface area contributed by atoms with E-state index in [-0.39, 0.29) is 29.1 Å². The number of rotatable bonds is 14. The van der Waals surface area contributed by atoms with Gasteiger partial charge < -0.3 is 10.2 Å². The van der Waals surface area contributed by atoms with E-state index in [0.717, 1.165) is 28.3 Å². The number of halogens is 2. The lowest BCUT2D eigenvalue weighted by atomic mass is 10.0. The van der Waals surface area contributed by atoms with Crippen LogP contribution in [0.2, 0.25) is 5.02 Å². The molecular formula is C36H39ClFN3O4S. The first-order valence-electron chi connectivity index (χ1n) is 15.2. The van der Waals surface area contributed by atoms with Crippen LogP contribution >= 0.6 is 11.6 Å². The predicted octanol–water partition coefficient (Wildman–Crippen LogP) is 6.85. The van der Waals surface area contributed by atoms with E-state index in [0.29, 0.717) is 17.1 Å². The third kappa shape index (κ3) is 8.73. The molecule has 4 rings (SSSR count). The van der Waals surface area contributed by atoms with E-state index in [4.69, 9.17) is 11.6 Å². The van der Waals surface area contributed by atoms with Crippen molar-refractivity contribution >= 4 is 39.1 Å². The van der Waals surface area contributed by atoms with Crippen molar-refractivity contribution < 1.29 is 22.4 Å². The second kappa shape index (κ2) is 15.9. The van der Waals surface area contributed by atoms with Crippen molar-refractivity contribution in [2.45, 2.75) is 57.5 Å². The number of hydrogen-bond donors (Lipinski definition) is 1. The average molecular weight is 664 g/mol. The smallest absolute Gasteiger partial charge is 0.264 e. The van der Waals surface area contributed by atoms with Gasteiger partial charge in [0.15, 0.2) is 0 Å². The Morgan fingerprint density at radius 2 is 1.59 bits per heavy atom. The average Bonchev–Trinajstić information content (AvgIpc) is 3.03. The van der Waals surface area contributed by atoms with Gasteiger partial charge in [0.25, 0.3) is 10.0 Å². The van der Waals surface area contributed by atoms with Crippen molar-refractivity contribution in [3.05, 3.63) is 130 Å². The molecule has 0 aliphatic carbocycles. The Morgan fingerprint density at radius 1 is 0.913 bits per heavy atom. The number of nitrogens with one attached hydrogen (secondary N) is 1. The lowest BCUT2D eigenvalue weighted by Gasteiger charge is -2.34. The summed E-state index contributed by atoms with van der Waals surface area (Å²) in [4.78, 5) is 29.6. The molecule has 0 fully saturated rings. The summed E-state index contributed by atoms with van der Waals surface area (Å²) >= 11 is 6.21. The fourth-order valence-corrected chi connectivity index (χ4v) is 6.83. The predicted molar refractivity (Wildman–Crippen MR) is 181 cm³/mol. The molecule has 2 amide bonds. The van der Waals surface area contributed by atoms with Crippen LogP contribution in [0.3, 0.4) is 0 Å². The number of unbranched alkanes of at least 4 members (excludes halogenated alkanes) is 1. The van der Waals surface area contributed by atoms with Gasteiger partial charge in [-0.15, -0.1) is 0 Å². The number of benzene rings is 4. The van der Waals surface area contributed by atoms with Gasteiger partial charge in [-0.05, 0) is 67.8 Å². The highest BCUT2D eigenvalue weighted by molar-refractivity contribution is 7.92. The lowest BCUT2D eigenvalue weighted by Crippen LogP contribution is -2.53. The highest BCUT2D eigenvalue weighted by atomic mass is 35.5. The van der Waals surface area contributed by atoms with Gasteiger partial charge in [-0.2, -0.15) is 0 Å². The molecule has 1 atom stereocenters. The summed E-state index contributed by atoms with van der Waals surface area (Å²) in [6, 6.07) is 25.3. The topological polar surface area (TPSA) is 86.8 Å². The first kappa shape index (κ1) is 34.7. The standard InChI is InChI=1S/C36H39ClFN3O4S/c1-4-5-21-39-36(43)34(23-28-11-7-6-8-12-28)40(24-29-13-9-10-14-32(29)38)35(42)25-41(33-20-17-30(37)22-27(33)3)46(44,45)31-18-15-26(2)16-19-31/h6-20,22,34H,4-5,21,23-25H2,1-3H3,(H,39,43)/t34-/m0/s1. The number of hydrogen-bond acceptors (Lipinski definition) is 4. The van der Waals surface area contributed by atoms with Gasteiger partial charge in [-0.3, -0.25) is 13.9 Å². The fraction of sp³-hybridized carbons (Fsp3) is 0.278. The minimum atomic E-state index is -4.27. The normalized spacial score (nSPS) is 11.9. The lowest BCUT2D eigenvalue weighted by molar-refractivity contribution is -0.140. The Labute approximate surface area is 276 Å². The summed E-state index contributed by atoms with van der Waals surface area (Å²) in [6.45, 7) is 5.08. The van der Waals surface area contributed by atoms with Crippen LogP contribution in [0.1, 0.15) is 42.0 Å². The van der Waals surface area contributed by atoms with Crippen LogP contribution in [0.5, 0.6) is 0 Å². The van der Waals surface area contributed by atoms with E-state index in [1.807, 2.05) is 44.2 Å². The maximum atomic E-state index is 15.1. The number of carbonyl (C=O) groups excluding carboxylic acids is 2. The Kier molecular flexibility index (Phi) is 12.0. The third-order valence-electron chi connectivity index (χ3n) is 7.71. The molecule has 0 aliphatic rings. The first-order valence-corrected chi connectivity index (χ1v) is 17.0. The second-order valence-corrected chi connectivity index (χ2v) is 13.5. The van der Waals surface area contributed by atoms with E-state index >= 15 is 4.39 Å². The molecule has 4 aromatic rings. The van der Waals surface area contributed by atoms with Crippen LogP contribution in [0.25, 0.3) is 0 Å². The van der Waals surface area contributed by atoms with E-state index in [1.54, 1.807) is 55.5 Å². The van der Waals surface area contributed by atoms with Crippen LogP contribution in [0.15, 0.2) is 102 Å². The van der Waals surface area contributed by atoms with E-state index in [2.05, 4.69) is 5.32 Å². The summed E-state index contributed by atoms with van der Waals surface area (Å²) in [7, 11) is -4.27. The van der Waals surface area contributed by atoms with Crippen molar-refractivity contribution in [1.82, 2.24) is 10.2 Å². The van der Waals surface area contributed by atoms with Crippen molar-refractivity contribution in [1.29, 1.82) is 0 Å². The number of amides is 2. The molecule has 4 aromatic carbocycles. The van der Waals surface area contributed by atoms with Crippen LogP contribution in [-0.2, 0) is 32.6 Å². The van der Waals surface area contributed by atoms with Crippen molar-refractivity contribution in [2.75, 3.05) is 17.4 Å². The van der Waals surface area contributed by atoms with Gasteiger partial charge in [0.2, 0.25) is 11.8 Å². The monoisotopic (exact) mass is 663 g/mol. The molecule has 0 radical (unpaired) electrons. The first-order chi connectivity index (χ1) is 22.0. The van der Waals surface area contributed by atoms with Gasteiger partial charge in [0.05, 0.1) is 10.6 Å². The summed E-state index contributed by atoms with van der Waals surface area (Å²) < 4.78 is 44.5. The molecule has 242 valence electrons. The van der Waals surface area contributed by atoms with Gasteiger partial charge in [-0.1, -0.05) is 91.2 Å². The van der Waals surface area contributed by atoms with E-state index in [1.165, 1.54) is 23.1 Å². The van der Waals surface area contributed by atoms with Crippen LogP contribution in [-0.4, -0.2) is 44.3 Å². The molecule has 10 heteroatoms. The Hall–Kier alpha value is -4.21. The summed E-state index contributed by atoms with van der Waals surface area (Å²) in [6.07, 6.45) is 1.74. The molecule has 0 spiro atoms. The Morgan fingerprint density at radius 3 is 2.24 bits per heavy atom. The number of sulfonamides is 1. The molecule has 7 nitrogen and oxygen atoms in total. The summed E-state index contributed by atoms with van der Waals surface area (Å²) in [5.74, 6) is -1.61. The van der Waals surface area contributed by atoms with Gasteiger partial charge in [0.1, 0.15) is 18.4 Å². The zero-order valence-electron chi connectivity index (χ0n) is 26.2. The highest BCUT2D eigenvalue weighted by Gasteiger charge is 2.35. The summed E-state index contributed by atoms with van der Waals surface area (Å²) in [5, 5.41) is 3.34. The number of aryl methyl sites for hydroxylation is 2. The number of anilines is 1. The minimum absolute atomic E-state index is 0.000881.